The Hall–Kier alpha value is -2.22. The van der Waals surface area contributed by atoms with Crippen LogP contribution < -0.4 is 16.2 Å². The lowest BCUT2D eigenvalue weighted by Gasteiger charge is -2.10. The van der Waals surface area contributed by atoms with E-state index in [4.69, 9.17) is 23.8 Å². The molecule has 2 rings (SSSR count). The predicted molar refractivity (Wildman–Crippen MR) is 106 cm³/mol. The van der Waals surface area contributed by atoms with Crippen molar-refractivity contribution in [2.45, 2.75) is 0 Å². The van der Waals surface area contributed by atoms with E-state index in [0.717, 1.165) is 5.56 Å². The summed E-state index contributed by atoms with van der Waals surface area (Å²) in [5, 5.41) is 3.02. The van der Waals surface area contributed by atoms with Gasteiger partial charge in [0, 0.05) is 15.6 Å². The van der Waals surface area contributed by atoms with Crippen LogP contribution in [0.1, 0.15) is 15.9 Å². The van der Waals surface area contributed by atoms with Crippen molar-refractivity contribution in [3.05, 3.63) is 75.2 Å². The molecule has 0 unspecified atom stereocenters. The van der Waals surface area contributed by atoms with E-state index in [-0.39, 0.29) is 11.0 Å². The van der Waals surface area contributed by atoms with Crippen molar-refractivity contribution in [1.82, 2.24) is 16.2 Å². The van der Waals surface area contributed by atoms with Crippen LogP contribution in [0, 0.1) is 0 Å². The van der Waals surface area contributed by atoms with Gasteiger partial charge in [0.15, 0.2) is 5.11 Å². The van der Waals surface area contributed by atoms with Gasteiger partial charge in [-0.05, 0) is 64.1 Å². The van der Waals surface area contributed by atoms with Gasteiger partial charge in [-0.3, -0.25) is 25.8 Å². The zero-order chi connectivity index (χ0) is 18.2. The minimum atomic E-state index is -0.428. The first-order valence-electron chi connectivity index (χ1n) is 7.05. The molecular weight excluding hydrogens is 426 g/mol. The fraction of sp³-hybridized carbons (Fsp3) is 0. The zero-order valence-electron chi connectivity index (χ0n) is 12.8. The molecular formula is C17H13BrClN3O2S. The summed E-state index contributed by atoms with van der Waals surface area (Å²) in [6, 6.07) is 13.9. The maximum Gasteiger partial charge on any atom is 0.270 e. The van der Waals surface area contributed by atoms with Crippen LogP contribution in [0.2, 0.25) is 5.02 Å². The number of hydrogen-bond acceptors (Lipinski definition) is 3. The Bertz CT molecular complexity index is 825. The molecule has 5 nitrogen and oxygen atoms in total. The van der Waals surface area contributed by atoms with Crippen LogP contribution in [-0.4, -0.2) is 16.9 Å². The second kappa shape index (κ2) is 9.31. The fourth-order valence-electron chi connectivity index (χ4n) is 1.76. The molecule has 0 radical (unpaired) electrons. The van der Waals surface area contributed by atoms with Crippen molar-refractivity contribution in [3.63, 3.8) is 0 Å². The number of halogens is 2. The second-order valence-corrected chi connectivity index (χ2v) is 6.46. The average molecular weight is 439 g/mol. The third-order valence-corrected chi connectivity index (χ3v) is 4.09. The molecule has 0 aromatic heterocycles. The van der Waals surface area contributed by atoms with Gasteiger partial charge in [0.2, 0.25) is 5.91 Å². The molecule has 0 heterocycles. The van der Waals surface area contributed by atoms with Crippen molar-refractivity contribution >= 4 is 62.8 Å². The molecule has 0 aliphatic rings. The largest absolute Gasteiger partial charge is 0.298 e. The lowest BCUT2D eigenvalue weighted by atomic mass is 10.2. The first kappa shape index (κ1) is 19.1. The first-order chi connectivity index (χ1) is 12.0. The second-order valence-electron chi connectivity index (χ2n) is 4.76. The van der Waals surface area contributed by atoms with Crippen LogP contribution in [0.4, 0.5) is 0 Å². The third-order valence-electron chi connectivity index (χ3n) is 2.94. The van der Waals surface area contributed by atoms with Crippen molar-refractivity contribution < 1.29 is 9.59 Å². The molecule has 8 heteroatoms. The number of thiocarbonyl (C=S) groups is 1. The Morgan fingerprint density at radius 3 is 2.40 bits per heavy atom. The number of amides is 2. The number of hydrazine groups is 1. The summed E-state index contributed by atoms with van der Waals surface area (Å²) in [5.74, 6) is -0.816. The predicted octanol–water partition coefficient (Wildman–Crippen LogP) is 3.45. The molecule has 0 aliphatic heterocycles. The molecule has 0 fully saturated rings. The fourth-order valence-corrected chi connectivity index (χ4v) is 2.50. The molecule has 2 aromatic carbocycles. The number of carbonyl (C=O) groups is 2. The van der Waals surface area contributed by atoms with Crippen molar-refractivity contribution in [2.75, 3.05) is 0 Å². The van der Waals surface area contributed by atoms with Crippen LogP contribution in [-0.2, 0) is 4.79 Å². The number of carbonyl (C=O) groups excluding carboxylic acids is 2. The Kier molecular flexibility index (Phi) is 7.12. The van der Waals surface area contributed by atoms with Gasteiger partial charge in [-0.25, -0.2) is 0 Å². The van der Waals surface area contributed by atoms with E-state index in [9.17, 15) is 9.59 Å². The summed E-state index contributed by atoms with van der Waals surface area (Å²) >= 11 is 14.0. The molecule has 0 saturated carbocycles. The van der Waals surface area contributed by atoms with Gasteiger partial charge in [-0.2, -0.15) is 0 Å². The van der Waals surface area contributed by atoms with Crippen LogP contribution in [0.3, 0.4) is 0 Å². The van der Waals surface area contributed by atoms with Gasteiger partial charge in [0.05, 0.1) is 5.56 Å². The molecule has 0 atom stereocenters. The normalized spacial score (nSPS) is 10.3. The topological polar surface area (TPSA) is 70.2 Å². The molecule has 2 aromatic rings. The summed E-state index contributed by atoms with van der Waals surface area (Å²) in [7, 11) is 0. The Labute approximate surface area is 163 Å². The molecule has 0 spiro atoms. The minimum Gasteiger partial charge on any atom is -0.298 e. The van der Waals surface area contributed by atoms with Crippen LogP contribution in [0.5, 0.6) is 0 Å². The molecule has 25 heavy (non-hydrogen) atoms. The molecule has 0 bridgehead atoms. The van der Waals surface area contributed by atoms with E-state index in [0.29, 0.717) is 15.1 Å². The maximum atomic E-state index is 12.0. The number of benzene rings is 2. The van der Waals surface area contributed by atoms with E-state index in [1.54, 1.807) is 54.6 Å². The van der Waals surface area contributed by atoms with Crippen molar-refractivity contribution in [1.29, 1.82) is 0 Å². The first-order valence-corrected chi connectivity index (χ1v) is 8.63. The summed E-state index contributed by atoms with van der Waals surface area (Å²) in [5.41, 5.74) is 6.14. The van der Waals surface area contributed by atoms with Gasteiger partial charge < -0.3 is 0 Å². The van der Waals surface area contributed by atoms with Gasteiger partial charge in [0.1, 0.15) is 0 Å². The molecule has 0 aliphatic carbocycles. The van der Waals surface area contributed by atoms with Gasteiger partial charge in [0.25, 0.3) is 5.91 Å². The monoisotopic (exact) mass is 437 g/mol. The highest BCUT2D eigenvalue weighted by molar-refractivity contribution is 9.10. The smallest absolute Gasteiger partial charge is 0.270 e. The van der Waals surface area contributed by atoms with Gasteiger partial charge in [-0.1, -0.05) is 35.9 Å². The Morgan fingerprint density at radius 2 is 1.72 bits per heavy atom. The third kappa shape index (κ3) is 6.30. The van der Waals surface area contributed by atoms with Crippen molar-refractivity contribution in [2.24, 2.45) is 0 Å². The van der Waals surface area contributed by atoms with E-state index in [2.05, 4.69) is 32.1 Å². The Morgan fingerprint density at radius 1 is 1.04 bits per heavy atom. The standard InChI is InChI=1S/C17H13BrClN3O2S/c18-14-4-2-1-3-13(14)16(24)21-22-17(25)20-15(23)10-7-11-5-8-12(19)9-6-11/h1-10H,(H,21,24)(H2,20,22,23,25)/b10-7+. The highest BCUT2D eigenvalue weighted by Gasteiger charge is 2.09. The quantitative estimate of drug-likeness (QED) is 0.390. The van der Waals surface area contributed by atoms with Gasteiger partial charge in [-0.15, -0.1) is 0 Å². The summed E-state index contributed by atoms with van der Waals surface area (Å²) < 4.78 is 0.648. The van der Waals surface area contributed by atoms with E-state index in [1.165, 1.54) is 6.08 Å². The zero-order valence-corrected chi connectivity index (χ0v) is 15.9. The number of rotatable bonds is 3. The number of hydrogen-bond donors (Lipinski definition) is 3. The van der Waals surface area contributed by atoms with E-state index in [1.807, 2.05) is 0 Å². The number of nitrogens with one attached hydrogen (secondary N) is 3. The van der Waals surface area contributed by atoms with Crippen LogP contribution in [0.25, 0.3) is 6.08 Å². The lowest BCUT2D eigenvalue weighted by molar-refractivity contribution is -0.115. The molecule has 128 valence electrons. The SMILES string of the molecule is O=C(/C=C/c1ccc(Cl)cc1)NC(=S)NNC(=O)c1ccccc1Br. The van der Waals surface area contributed by atoms with Crippen LogP contribution in [0.15, 0.2) is 59.1 Å². The summed E-state index contributed by atoms with van der Waals surface area (Å²) in [6.45, 7) is 0. The van der Waals surface area contributed by atoms with Crippen LogP contribution >= 0.6 is 39.7 Å². The van der Waals surface area contributed by atoms with E-state index >= 15 is 0 Å². The highest BCUT2D eigenvalue weighted by Crippen LogP contribution is 2.15. The highest BCUT2D eigenvalue weighted by atomic mass is 79.9. The average Bonchev–Trinajstić information content (AvgIpc) is 2.59. The molecule has 0 saturated heterocycles. The maximum absolute atomic E-state index is 12.0. The van der Waals surface area contributed by atoms with Gasteiger partial charge >= 0.3 is 0 Å². The molecule has 2 amide bonds. The Balaban J connectivity index is 1.81. The summed E-state index contributed by atoms with van der Waals surface area (Å²) in [4.78, 5) is 23.8. The molecule has 3 N–H and O–H groups in total. The van der Waals surface area contributed by atoms with Crippen molar-refractivity contribution in [3.8, 4) is 0 Å². The minimum absolute atomic E-state index is 0.0221. The lowest BCUT2D eigenvalue weighted by Crippen LogP contribution is -2.48. The summed E-state index contributed by atoms with van der Waals surface area (Å²) in [6.07, 6.45) is 2.95. The van der Waals surface area contributed by atoms with E-state index < -0.39 is 5.91 Å².